The van der Waals surface area contributed by atoms with Gasteiger partial charge in [-0.25, -0.2) is 0 Å². The molecule has 1 unspecified atom stereocenters. The minimum absolute atomic E-state index is 0. The Hall–Kier alpha value is 2.43. The summed E-state index contributed by atoms with van der Waals surface area (Å²) < 4.78 is 49.2. The van der Waals surface area contributed by atoms with Crippen LogP contribution in [0.25, 0.3) is 0 Å². The second-order valence-electron chi connectivity index (χ2n) is 7.47. The zero-order valence-corrected chi connectivity index (χ0v) is 19.0. The third kappa shape index (κ3) is 13.1. The number of aryl methyl sites for hydroxylation is 1. The standard InChI is InChI=1S/C23H25O7PS.3K.3H/c24-31(25,26)23(32(27,28)29)15-7-11-19-10-6-13-21(17-19)30-22-14-5-4-12-20(22)16-18-8-2-1-3-9-18;;;;;;/h1-6,8-10,12-14,17,23H,7,11,15-16H2,(H2,24,25,26)(H,27,28,29);;;;;;. The Balaban J connectivity index is 0.00000385. The number of rotatable bonds is 10. The summed E-state index contributed by atoms with van der Waals surface area (Å²) in [5.74, 6) is 1.32. The molecule has 3 aromatic rings. The van der Waals surface area contributed by atoms with Crippen LogP contribution >= 0.6 is 7.60 Å². The molecule has 0 saturated carbocycles. The van der Waals surface area contributed by atoms with Gasteiger partial charge in [-0.05, 0) is 54.2 Å². The molecule has 3 rings (SSSR count). The van der Waals surface area contributed by atoms with E-state index in [1.165, 1.54) is 0 Å². The summed E-state index contributed by atoms with van der Waals surface area (Å²) in [5, 5.41) is 0. The van der Waals surface area contributed by atoms with E-state index in [4.69, 9.17) is 9.29 Å². The normalized spacial score (nSPS) is 11.9. The van der Waals surface area contributed by atoms with Crippen LogP contribution < -0.4 is 4.74 Å². The van der Waals surface area contributed by atoms with E-state index in [9.17, 15) is 22.8 Å². The van der Waals surface area contributed by atoms with E-state index in [0.717, 1.165) is 28.9 Å². The zero-order chi connectivity index (χ0) is 23.2. The maximum atomic E-state index is 11.4. The second kappa shape index (κ2) is 18.0. The van der Waals surface area contributed by atoms with Gasteiger partial charge in [-0.2, -0.15) is 8.42 Å². The summed E-state index contributed by atoms with van der Waals surface area (Å²) >= 11 is 0. The first-order valence-corrected chi connectivity index (χ1v) is 13.2. The molecule has 0 aromatic heterocycles. The van der Waals surface area contributed by atoms with Crippen molar-refractivity contribution >= 4 is 172 Å². The summed E-state index contributed by atoms with van der Waals surface area (Å²) in [6.45, 7) is 0. The van der Waals surface area contributed by atoms with Gasteiger partial charge in [-0.15, -0.1) is 0 Å². The van der Waals surface area contributed by atoms with Crippen molar-refractivity contribution in [3.8, 4) is 11.5 Å². The van der Waals surface area contributed by atoms with Crippen LogP contribution in [0, 0.1) is 0 Å². The van der Waals surface area contributed by atoms with Gasteiger partial charge in [-0.1, -0.05) is 60.7 Å². The fourth-order valence-electron chi connectivity index (χ4n) is 3.43. The summed E-state index contributed by atoms with van der Waals surface area (Å²) in [5.41, 5.74) is 3.01. The van der Waals surface area contributed by atoms with Gasteiger partial charge in [0.15, 0.2) is 4.99 Å². The van der Waals surface area contributed by atoms with Gasteiger partial charge in [0.05, 0.1) is 0 Å². The zero-order valence-electron chi connectivity index (χ0n) is 17.2. The second-order valence-corrected chi connectivity index (χ2v) is 11.2. The van der Waals surface area contributed by atoms with Gasteiger partial charge in [-0.3, -0.25) is 9.12 Å². The fourth-order valence-corrected chi connectivity index (χ4v) is 5.80. The molecule has 0 radical (unpaired) electrons. The van der Waals surface area contributed by atoms with Crippen LogP contribution in [-0.2, 0) is 27.5 Å². The Morgan fingerprint density at radius 2 is 1.43 bits per heavy atom. The number of para-hydroxylation sites is 1. The van der Waals surface area contributed by atoms with Crippen LogP contribution in [-0.4, -0.2) is 182 Å². The molecule has 3 aromatic carbocycles. The summed E-state index contributed by atoms with van der Waals surface area (Å²) in [7, 11) is -9.82. The van der Waals surface area contributed by atoms with Crippen molar-refractivity contribution in [1.29, 1.82) is 0 Å². The van der Waals surface area contributed by atoms with Gasteiger partial charge in [0.1, 0.15) is 11.5 Å². The van der Waals surface area contributed by atoms with Crippen LogP contribution in [0.5, 0.6) is 11.5 Å². The average Bonchev–Trinajstić information content (AvgIpc) is 2.72. The average molecular weight is 597 g/mol. The van der Waals surface area contributed by atoms with Crippen LogP contribution in [0.4, 0.5) is 0 Å². The first-order chi connectivity index (χ1) is 15.1. The first kappa shape index (κ1) is 37.4. The molecule has 0 amide bonds. The molecule has 0 spiro atoms. The number of ether oxygens (including phenoxy) is 1. The molecular weight excluding hydrogens is 569 g/mol. The van der Waals surface area contributed by atoms with E-state index < -0.39 is 22.7 Å². The van der Waals surface area contributed by atoms with Gasteiger partial charge in [0, 0.05) is 6.42 Å². The van der Waals surface area contributed by atoms with Gasteiger partial charge < -0.3 is 14.5 Å². The summed E-state index contributed by atoms with van der Waals surface area (Å²) in [6.07, 6.45) is 0.905. The van der Waals surface area contributed by atoms with Crippen LogP contribution in [0.3, 0.4) is 0 Å². The molecule has 0 saturated heterocycles. The molecule has 0 aliphatic carbocycles. The predicted octanol–water partition coefficient (Wildman–Crippen LogP) is 2.84. The quantitative estimate of drug-likeness (QED) is 0.187. The molecule has 176 valence electrons. The summed E-state index contributed by atoms with van der Waals surface area (Å²) in [4.78, 5) is 16.3. The Labute approximate surface area is 334 Å². The van der Waals surface area contributed by atoms with Gasteiger partial charge >= 0.3 is 162 Å². The van der Waals surface area contributed by atoms with Crippen molar-refractivity contribution in [1.82, 2.24) is 0 Å². The monoisotopic (exact) mass is 596 g/mol. The molecular formula is C23H28K3O7PS. The van der Waals surface area contributed by atoms with E-state index in [1.807, 2.05) is 48.5 Å². The SMILES string of the molecule is O=P(O)(O)C(CCCc1cccc(Oc2ccccc2Cc2ccccc2)c1)S(=O)(=O)O.[KH].[KH].[KH]. The molecule has 12 heteroatoms. The summed E-state index contributed by atoms with van der Waals surface area (Å²) in [6, 6.07) is 25.0. The van der Waals surface area contributed by atoms with Gasteiger partial charge in [0.2, 0.25) is 0 Å². The number of hydrogen-bond donors (Lipinski definition) is 3. The molecule has 0 aliphatic rings. The fraction of sp³-hybridized carbons (Fsp3) is 0.217. The molecule has 0 heterocycles. The Morgan fingerprint density at radius 1 is 0.829 bits per heavy atom. The van der Waals surface area contributed by atoms with E-state index in [-0.39, 0.29) is 167 Å². The first-order valence-electron chi connectivity index (χ1n) is 10.0. The number of hydrogen-bond acceptors (Lipinski definition) is 4. The molecule has 7 nitrogen and oxygen atoms in total. The van der Waals surface area contributed by atoms with Gasteiger partial charge in [0.25, 0.3) is 10.1 Å². The van der Waals surface area contributed by atoms with Crippen molar-refractivity contribution in [2.24, 2.45) is 0 Å². The maximum absolute atomic E-state index is 11.4. The number of benzene rings is 3. The van der Waals surface area contributed by atoms with E-state index in [2.05, 4.69) is 12.1 Å². The molecule has 35 heavy (non-hydrogen) atoms. The Bertz CT molecular complexity index is 1200. The van der Waals surface area contributed by atoms with Crippen molar-refractivity contribution < 1.29 is 32.1 Å². The Kier molecular flexibility index (Phi) is 19.2. The van der Waals surface area contributed by atoms with Crippen LogP contribution in [0.2, 0.25) is 0 Å². The van der Waals surface area contributed by atoms with E-state index >= 15 is 0 Å². The topological polar surface area (TPSA) is 121 Å². The minimum atomic E-state index is -4.97. The molecule has 0 fully saturated rings. The van der Waals surface area contributed by atoms with Crippen molar-refractivity contribution in [3.05, 3.63) is 95.6 Å². The van der Waals surface area contributed by atoms with E-state index in [0.29, 0.717) is 12.2 Å². The van der Waals surface area contributed by atoms with Crippen molar-refractivity contribution in [2.45, 2.75) is 30.7 Å². The molecule has 0 aliphatic heterocycles. The molecule has 3 N–H and O–H groups in total. The van der Waals surface area contributed by atoms with Crippen LogP contribution in [0.1, 0.15) is 29.5 Å². The molecule has 1 atom stereocenters. The predicted molar refractivity (Wildman–Crippen MR) is 144 cm³/mol. The van der Waals surface area contributed by atoms with Crippen molar-refractivity contribution in [2.75, 3.05) is 0 Å². The third-order valence-corrected chi connectivity index (χ3v) is 8.53. The van der Waals surface area contributed by atoms with Crippen molar-refractivity contribution in [3.63, 3.8) is 0 Å². The molecule has 0 bridgehead atoms. The Morgan fingerprint density at radius 3 is 2.06 bits per heavy atom. The van der Waals surface area contributed by atoms with E-state index in [1.54, 1.807) is 18.2 Å². The third-order valence-electron chi connectivity index (χ3n) is 4.97. The van der Waals surface area contributed by atoms with Crippen LogP contribution in [0.15, 0.2) is 78.9 Å².